The minimum atomic E-state index is -0.698. The summed E-state index contributed by atoms with van der Waals surface area (Å²) in [5.74, 6) is -0.518. The van der Waals surface area contributed by atoms with Gasteiger partial charge in [0.15, 0.2) is 11.5 Å². The predicted molar refractivity (Wildman–Crippen MR) is 132 cm³/mol. The summed E-state index contributed by atoms with van der Waals surface area (Å²) in [4.78, 5) is 33.7. The van der Waals surface area contributed by atoms with E-state index in [1.165, 1.54) is 7.11 Å². The van der Waals surface area contributed by atoms with E-state index in [1.807, 2.05) is 54.6 Å². The summed E-state index contributed by atoms with van der Waals surface area (Å²) in [7, 11) is 1.22. The number of carbonyl (C=O) groups excluding carboxylic acids is 2. The number of esters is 1. The Morgan fingerprint density at radius 3 is 2.58 bits per heavy atom. The van der Waals surface area contributed by atoms with Crippen molar-refractivity contribution in [3.63, 3.8) is 0 Å². The van der Waals surface area contributed by atoms with Crippen LogP contribution in [0.3, 0.4) is 0 Å². The fourth-order valence-corrected chi connectivity index (χ4v) is 4.04. The van der Waals surface area contributed by atoms with Gasteiger partial charge >= 0.3 is 5.97 Å². The Morgan fingerprint density at radius 2 is 1.78 bits per heavy atom. The molecular weight excluding hydrogens is 463 g/mol. The van der Waals surface area contributed by atoms with E-state index in [0.717, 1.165) is 17.2 Å². The van der Waals surface area contributed by atoms with Crippen LogP contribution in [-0.2, 0) is 22.7 Å². The number of anilines is 1. The number of imidazole rings is 1. The van der Waals surface area contributed by atoms with Crippen molar-refractivity contribution in [2.45, 2.75) is 13.2 Å². The van der Waals surface area contributed by atoms with E-state index in [0.29, 0.717) is 11.6 Å². The molecule has 0 saturated carbocycles. The van der Waals surface area contributed by atoms with E-state index < -0.39 is 17.7 Å². The Bertz CT molecular complexity index is 1580. The van der Waals surface area contributed by atoms with Gasteiger partial charge in [-0.3, -0.25) is 4.79 Å². The van der Waals surface area contributed by atoms with Gasteiger partial charge in [-0.05, 0) is 30.3 Å². The summed E-state index contributed by atoms with van der Waals surface area (Å²) in [6.45, 7) is 0.0734. The number of hydrogen-bond donors (Lipinski definition) is 1. The van der Waals surface area contributed by atoms with Crippen LogP contribution in [0.25, 0.3) is 21.8 Å². The van der Waals surface area contributed by atoms with Crippen molar-refractivity contribution < 1.29 is 23.5 Å². The summed E-state index contributed by atoms with van der Waals surface area (Å²) < 4.78 is 27.1. The number of carbonyl (C=O) groups is 2. The molecule has 0 spiro atoms. The van der Waals surface area contributed by atoms with Gasteiger partial charge in [0.1, 0.15) is 24.7 Å². The Balaban J connectivity index is 1.45. The highest BCUT2D eigenvalue weighted by atomic mass is 19.1. The molecule has 8 nitrogen and oxygen atoms in total. The highest BCUT2D eigenvalue weighted by molar-refractivity contribution is 6.09. The number of para-hydroxylation sites is 3. The number of nitrogens with zero attached hydrogens (tertiary/aromatic N) is 3. The zero-order valence-electron chi connectivity index (χ0n) is 19.3. The van der Waals surface area contributed by atoms with Gasteiger partial charge in [-0.1, -0.05) is 42.5 Å². The minimum Gasteiger partial charge on any atom is -0.486 e. The summed E-state index contributed by atoms with van der Waals surface area (Å²) in [5.41, 5.74) is 1.67. The van der Waals surface area contributed by atoms with Gasteiger partial charge in [0, 0.05) is 10.8 Å². The lowest BCUT2D eigenvalue weighted by Crippen LogP contribution is -2.21. The third-order valence-electron chi connectivity index (χ3n) is 5.66. The molecule has 0 radical (unpaired) electrons. The number of hydrogen-bond acceptors (Lipinski definition) is 6. The number of pyridine rings is 1. The second-order valence-corrected chi connectivity index (χ2v) is 7.93. The molecule has 180 valence electrons. The summed E-state index contributed by atoms with van der Waals surface area (Å²) in [6, 6.07) is 21.5. The molecule has 5 aromatic rings. The molecule has 0 unspecified atom stereocenters. The number of halogens is 1. The number of aromatic nitrogens is 3. The lowest BCUT2D eigenvalue weighted by Gasteiger charge is -2.13. The smallest absolute Gasteiger partial charge is 0.357 e. The maximum absolute atomic E-state index is 14.8. The van der Waals surface area contributed by atoms with Gasteiger partial charge in [0.2, 0.25) is 5.91 Å². The van der Waals surface area contributed by atoms with Crippen molar-refractivity contribution in [1.29, 1.82) is 0 Å². The first-order valence-electron chi connectivity index (χ1n) is 11.1. The van der Waals surface area contributed by atoms with Gasteiger partial charge in [-0.25, -0.2) is 19.2 Å². The molecule has 2 aromatic heterocycles. The van der Waals surface area contributed by atoms with Crippen LogP contribution >= 0.6 is 0 Å². The molecule has 1 N–H and O–H groups in total. The first-order valence-corrected chi connectivity index (χ1v) is 11.1. The molecule has 5 rings (SSSR count). The molecule has 0 aliphatic carbocycles. The lowest BCUT2D eigenvalue weighted by atomic mass is 10.1. The SMILES string of the molecule is COC(=O)c1ncc(F)c2c(NC(=O)Cn3c(COc4ccccc4)nc4ccccc43)cccc12. The van der Waals surface area contributed by atoms with Crippen LogP contribution in [0.5, 0.6) is 5.75 Å². The topological polar surface area (TPSA) is 95.3 Å². The van der Waals surface area contributed by atoms with E-state index in [1.54, 1.807) is 22.8 Å². The highest BCUT2D eigenvalue weighted by Gasteiger charge is 2.19. The van der Waals surface area contributed by atoms with Gasteiger partial charge in [-0.2, -0.15) is 0 Å². The summed E-state index contributed by atoms with van der Waals surface area (Å²) >= 11 is 0. The maximum atomic E-state index is 14.8. The lowest BCUT2D eigenvalue weighted by molar-refractivity contribution is -0.116. The van der Waals surface area contributed by atoms with Crippen molar-refractivity contribution in [1.82, 2.24) is 14.5 Å². The predicted octanol–water partition coefficient (Wildman–Crippen LogP) is 4.73. The van der Waals surface area contributed by atoms with E-state index in [4.69, 9.17) is 9.47 Å². The third-order valence-corrected chi connectivity index (χ3v) is 5.66. The Morgan fingerprint density at radius 1 is 1.00 bits per heavy atom. The average Bonchev–Trinajstić information content (AvgIpc) is 3.25. The molecule has 3 aromatic carbocycles. The van der Waals surface area contributed by atoms with Crippen LogP contribution in [0.2, 0.25) is 0 Å². The number of methoxy groups -OCH3 is 1. The molecule has 0 atom stereocenters. The number of ether oxygens (including phenoxy) is 2. The van der Waals surface area contributed by atoms with Crippen LogP contribution < -0.4 is 10.1 Å². The van der Waals surface area contributed by atoms with Gasteiger partial charge in [0.25, 0.3) is 0 Å². The Labute approximate surface area is 205 Å². The number of fused-ring (bicyclic) bond motifs is 2. The molecule has 0 bridgehead atoms. The monoisotopic (exact) mass is 484 g/mol. The molecule has 36 heavy (non-hydrogen) atoms. The molecular formula is C27H21FN4O4. The Hall–Kier alpha value is -4.79. The van der Waals surface area contributed by atoms with Crippen molar-refractivity contribution >= 4 is 39.4 Å². The minimum absolute atomic E-state index is 0.0362. The van der Waals surface area contributed by atoms with Crippen molar-refractivity contribution in [2.24, 2.45) is 0 Å². The molecule has 0 aliphatic heterocycles. The first-order chi connectivity index (χ1) is 17.5. The molecule has 2 heterocycles. The van der Waals surface area contributed by atoms with Gasteiger partial charge < -0.3 is 19.4 Å². The van der Waals surface area contributed by atoms with Crippen LogP contribution in [0.1, 0.15) is 16.3 Å². The molecule has 9 heteroatoms. The van der Waals surface area contributed by atoms with Crippen LogP contribution in [0.4, 0.5) is 10.1 Å². The van der Waals surface area contributed by atoms with Crippen LogP contribution in [-0.4, -0.2) is 33.5 Å². The second kappa shape index (κ2) is 9.83. The maximum Gasteiger partial charge on any atom is 0.357 e. The standard InChI is InChI=1S/C27H21FN4O4/c1-35-27(34)26-18-10-7-12-21(25(18)19(28)14-29-26)31-24(33)15-32-22-13-6-5-11-20(22)30-23(32)16-36-17-8-3-2-4-9-17/h2-14H,15-16H2,1H3,(H,31,33). The molecule has 0 aliphatic rings. The van der Waals surface area contributed by atoms with Gasteiger partial charge in [-0.15, -0.1) is 0 Å². The van der Waals surface area contributed by atoms with E-state index in [-0.39, 0.29) is 35.3 Å². The number of nitrogens with one attached hydrogen (secondary N) is 1. The Kier molecular flexibility index (Phi) is 6.27. The molecule has 0 saturated heterocycles. The van der Waals surface area contributed by atoms with Crippen LogP contribution in [0, 0.1) is 5.82 Å². The second-order valence-electron chi connectivity index (χ2n) is 7.93. The highest BCUT2D eigenvalue weighted by Crippen LogP contribution is 2.28. The first kappa shape index (κ1) is 23.0. The summed E-state index contributed by atoms with van der Waals surface area (Å²) in [6.07, 6.45) is 0.937. The van der Waals surface area contributed by atoms with Crippen molar-refractivity contribution in [3.05, 3.63) is 96.3 Å². The molecule has 0 fully saturated rings. The largest absolute Gasteiger partial charge is 0.486 e. The van der Waals surface area contributed by atoms with Crippen LogP contribution in [0.15, 0.2) is 79.0 Å². The summed E-state index contributed by atoms with van der Waals surface area (Å²) in [5, 5.41) is 3.08. The normalized spacial score (nSPS) is 10.9. The van der Waals surface area contributed by atoms with Gasteiger partial charge in [0.05, 0.1) is 30.0 Å². The number of rotatable bonds is 7. The zero-order chi connectivity index (χ0) is 25.1. The van der Waals surface area contributed by atoms with E-state index >= 15 is 0 Å². The number of benzene rings is 3. The molecule has 1 amide bonds. The zero-order valence-corrected chi connectivity index (χ0v) is 19.3. The van der Waals surface area contributed by atoms with Crippen molar-refractivity contribution in [2.75, 3.05) is 12.4 Å². The number of amides is 1. The van der Waals surface area contributed by atoms with E-state index in [2.05, 4.69) is 15.3 Å². The van der Waals surface area contributed by atoms with E-state index in [9.17, 15) is 14.0 Å². The fourth-order valence-electron chi connectivity index (χ4n) is 4.04. The average molecular weight is 484 g/mol. The van der Waals surface area contributed by atoms with Crippen molar-refractivity contribution in [3.8, 4) is 5.75 Å². The fraction of sp³-hybridized carbons (Fsp3) is 0.111. The quantitative estimate of drug-likeness (QED) is 0.336. The third kappa shape index (κ3) is 4.46.